The fourth-order valence-corrected chi connectivity index (χ4v) is 3.36. The van der Waals surface area contributed by atoms with E-state index in [0.29, 0.717) is 0 Å². The summed E-state index contributed by atoms with van der Waals surface area (Å²) >= 11 is 1.67. The van der Waals surface area contributed by atoms with Gasteiger partial charge in [0.1, 0.15) is 0 Å². The van der Waals surface area contributed by atoms with Crippen molar-refractivity contribution in [1.82, 2.24) is 24.4 Å². The molecule has 0 aliphatic carbocycles. The van der Waals surface area contributed by atoms with Crippen molar-refractivity contribution in [3.05, 3.63) is 52.7 Å². The monoisotopic (exact) mass is 379 g/mol. The van der Waals surface area contributed by atoms with Crippen molar-refractivity contribution in [2.75, 3.05) is 12.3 Å². The molecule has 0 saturated carbocycles. The van der Waals surface area contributed by atoms with E-state index in [1.165, 1.54) is 5.56 Å². The second kappa shape index (κ2) is 9.03. The van der Waals surface area contributed by atoms with Crippen LogP contribution in [0.5, 0.6) is 0 Å². The minimum Gasteiger partial charge on any atom is -0.313 e. The van der Waals surface area contributed by atoms with Crippen LogP contribution in [-0.4, -0.2) is 31.4 Å². The van der Waals surface area contributed by atoms with Crippen molar-refractivity contribution in [3.63, 3.8) is 0 Å². The van der Waals surface area contributed by atoms with Crippen LogP contribution in [0.4, 0.5) is 0 Å². The molecule has 25 heavy (non-hydrogen) atoms. The Morgan fingerprint density at radius 2 is 1.84 bits per heavy atom. The number of hydrogen-bond donors (Lipinski definition) is 1. The number of rotatable bonds is 7. The molecule has 0 spiro atoms. The summed E-state index contributed by atoms with van der Waals surface area (Å²) in [6.07, 6.45) is 4.58. The summed E-state index contributed by atoms with van der Waals surface area (Å²) in [4.78, 5) is 20.3. The zero-order valence-electron chi connectivity index (χ0n) is 14.3. The second-order valence-electron chi connectivity index (χ2n) is 5.63. The van der Waals surface area contributed by atoms with Crippen LogP contribution in [0.25, 0.3) is 11.0 Å². The summed E-state index contributed by atoms with van der Waals surface area (Å²) in [5.41, 5.74) is 3.13. The molecule has 0 unspecified atom stereocenters. The minimum absolute atomic E-state index is 0. The summed E-state index contributed by atoms with van der Waals surface area (Å²) in [5.74, 6) is 0.989. The average molecular weight is 380 g/mol. The third-order valence-electron chi connectivity index (χ3n) is 3.94. The Kier molecular flexibility index (Phi) is 7.04. The lowest BCUT2D eigenvalue weighted by Crippen LogP contribution is -2.19. The van der Waals surface area contributed by atoms with E-state index in [4.69, 9.17) is 0 Å². The molecule has 0 saturated heterocycles. The third kappa shape index (κ3) is 4.62. The van der Waals surface area contributed by atoms with E-state index in [1.54, 1.807) is 40.3 Å². The average Bonchev–Trinajstić information content (AvgIpc) is 2.83. The molecule has 0 aliphatic rings. The lowest BCUT2D eigenvalue weighted by atomic mass is 10.2. The lowest BCUT2D eigenvalue weighted by Gasteiger charge is -2.06. The van der Waals surface area contributed by atoms with E-state index >= 15 is 0 Å². The van der Waals surface area contributed by atoms with E-state index < -0.39 is 0 Å². The van der Waals surface area contributed by atoms with Gasteiger partial charge in [-0.3, -0.25) is 9.13 Å². The Bertz CT molecular complexity index is 878. The smallest absolute Gasteiger partial charge is 0.313 e. The molecule has 1 N–H and O–H groups in total. The topological polar surface area (TPSA) is 64.7 Å². The van der Waals surface area contributed by atoms with Crippen molar-refractivity contribution < 1.29 is 0 Å². The third-order valence-corrected chi connectivity index (χ3v) is 4.90. The number of aromatic nitrogens is 4. The Morgan fingerprint density at radius 3 is 2.60 bits per heavy atom. The Hall–Kier alpha value is -1.83. The summed E-state index contributed by atoms with van der Waals surface area (Å²) in [6.45, 7) is 1.73. The molecule has 2 heterocycles. The van der Waals surface area contributed by atoms with Gasteiger partial charge in [0.05, 0.1) is 11.0 Å². The summed E-state index contributed by atoms with van der Waals surface area (Å²) in [6, 6.07) is 7.99. The first-order chi connectivity index (χ1) is 11.7. The Labute approximate surface area is 157 Å². The first kappa shape index (κ1) is 19.5. The molecule has 0 atom stereocenters. The quantitative estimate of drug-likeness (QED) is 0.388. The van der Waals surface area contributed by atoms with Gasteiger partial charge < -0.3 is 5.32 Å². The van der Waals surface area contributed by atoms with E-state index in [0.717, 1.165) is 41.5 Å². The van der Waals surface area contributed by atoms with Crippen LogP contribution >= 0.6 is 24.2 Å². The van der Waals surface area contributed by atoms with Gasteiger partial charge in [-0.1, -0.05) is 17.8 Å². The number of fused-ring (bicyclic) bond motifs is 1. The van der Waals surface area contributed by atoms with Crippen molar-refractivity contribution in [2.45, 2.75) is 18.1 Å². The van der Waals surface area contributed by atoms with Crippen LogP contribution in [-0.2, 0) is 20.6 Å². The van der Waals surface area contributed by atoms with Crippen LogP contribution in [0.3, 0.4) is 0 Å². The van der Waals surface area contributed by atoms with Gasteiger partial charge in [-0.05, 0) is 36.7 Å². The predicted molar refractivity (Wildman–Crippen MR) is 104 cm³/mol. The second-order valence-corrected chi connectivity index (χ2v) is 6.70. The van der Waals surface area contributed by atoms with Crippen LogP contribution in [0.1, 0.15) is 12.0 Å². The van der Waals surface area contributed by atoms with Gasteiger partial charge in [0.25, 0.3) is 0 Å². The fraction of sp³-hybridized carbons (Fsp3) is 0.353. The van der Waals surface area contributed by atoms with Crippen LogP contribution in [0.2, 0.25) is 0 Å². The molecule has 3 aromatic rings. The van der Waals surface area contributed by atoms with Crippen LogP contribution in [0.15, 0.2) is 46.6 Å². The van der Waals surface area contributed by atoms with Gasteiger partial charge in [-0.15, -0.1) is 12.4 Å². The first-order valence-electron chi connectivity index (χ1n) is 7.91. The molecule has 8 heteroatoms. The molecule has 0 amide bonds. The first-order valence-corrected chi connectivity index (χ1v) is 8.90. The maximum absolute atomic E-state index is 11.9. The number of nitrogens with one attached hydrogen (secondary N) is 1. The molecule has 0 bridgehead atoms. The van der Waals surface area contributed by atoms with Crippen molar-refractivity contribution in [1.29, 1.82) is 0 Å². The van der Waals surface area contributed by atoms with E-state index in [-0.39, 0.29) is 18.1 Å². The molecule has 2 aromatic heterocycles. The van der Waals surface area contributed by atoms with Crippen LogP contribution in [0, 0.1) is 0 Å². The molecule has 0 aliphatic heterocycles. The minimum atomic E-state index is 0. The highest BCUT2D eigenvalue weighted by atomic mass is 35.5. The highest BCUT2D eigenvalue weighted by molar-refractivity contribution is 7.99. The molecule has 0 radical (unpaired) electrons. The number of imidazole rings is 1. The van der Waals surface area contributed by atoms with Crippen molar-refractivity contribution in [3.8, 4) is 0 Å². The van der Waals surface area contributed by atoms with Gasteiger partial charge >= 0.3 is 5.69 Å². The highest BCUT2D eigenvalue weighted by Crippen LogP contribution is 2.14. The number of halogens is 1. The maximum atomic E-state index is 11.9. The maximum Gasteiger partial charge on any atom is 0.328 e. The van der Waals surface area contributed by atoms with E-state index in [9.17, 15) is 4.79 Å². The Balaban J connectivity index is 0.00000225. The molecule has 0 fully saturated rings. The normalized spacial score (nSPS) is 10.8. The van der Waals surface area contributed by atoms with Crippen molar-refractivity contribution in [2.24, 2.45) is 14.1 Å². The van der Waals surface area contributed by atoms with Gasteiger partial charge in [0.15, 0.2) is 5.16 Å². The number of hydrogen-bond acceptors (Lipinski definition) is 5. The number of nitrogens with zero attached hydrogens (tertiary/aromatic N) is 4. The van der Waals surface area contributed by atoms with Gasteiger partial charge in [0.2, 0.25) is 0 Å². The number of thioether (sulfide) groups is 1. The molecule has 3 rings (SSSR count). The highest BCUT2D eigenvalue weighted by Gasteiger charge is 2.07. The van der Waals surface area contributed by atoms with E-state index in [2.05, 4.69) is 27.4 Å². The standard InChI is InChI=1S/C17H21N5OS.ClH/c1-21-14-6-5-13(11-15(14)22(2)17(21)23)12-18-7-4-10-24-16-19-8-3-9-20-16;/h3,5-6,8-9,11,18H,4,7,10,12H2,1-2H3;1H. The largest absolute Gasteiger partial charge is 0.328 e. The summed E-state index contributed by atoms with van der Waals surface area (Å²) in [7, 11) is 3.61. The Morgan fingerprint density at radius 1 is 1.12 bits per heavy atom. The summed E-state index contributed by atoms with van der Waals surface area (Å²) < 4.78 is 3.37. The van der Waals surface area contributed by atoms with Gasteiger partial charge in [-0.2, -0.15) is 0 Å². The number of aryl methyl sites for hydroxylation is 2. The molecular weight excluding hydrogens is 358 g/mol. The lowest BCUT2D eigenvalue weighted by molar-refractivity contribution is 0.678. The fourth-order valence-electron chi connectivity index (χ4n) is 2.62. The summed E-state index contributed by atoms with van der Waals surface area (Å²) in [5, 5.41) is 4.27. The van der Waals surface area contributed by atoms with Gasteiger partial charge in [-0.25, -0.2) is 14.8 Å². The SMILES string of the molecule is Cl.Cn1c(=O)n(C)c2cc(CNCCCSc3ncccn3)ccc21. The van der Waals surface area contributed by atoms with Gasteiger partial charge in [0, 0.05) is 38.8 Å². The van der Waals surface area contributed by atoms with Crippen LogP contribution < -0.4 is 11.0 Å². The molecule has 1 aromatic carbocycles. The number of benzene rings is 1. The predicted octanol–water partition coefficient (Wildman–Crippen LogP) is 2.36. The zero-order chi connectivity index (χ0) is 16.9. The van der Waals surface area contributed by atoms with E-state index in [1.807, 2.05) is 19.2 Å². The zero-order valence-corrected chi connectivity index (χ0v) is 15.9. The molecule has 134 valence electrons. The molecular formula is C17H22ClN5OS. The molecule has 6 nitrogen and oxygen atoms in total. The van der Waals surface area contributed by atoms with Crippen molar-refractivity contribution >= 4 is 35.2 Å².